The molecule has 5 heterocycles. The van der Waals surface area contributed by atoms with Crippen LogP contribution in [-0.2, 0) is 67.3 Å². The fourth-order valence-corrected chi connectivity index (χ4v) is 14.6. The fraction of sp³-hybridized carbons (Fsp3) is 0.545. The first-order chi connectivity index (χ1) is 47.9. The summed E-state index contributed by atoms with van der Waals surface area (Å²) in [4.78, 5) is 175. The van der Waals surface area contributed by atoms with Gasteiger partial charge in [-0.1, -0.05) is 61.4 Å². The Morgan fingerprint density at radius 1 is 0.570 bits per heavy atom. The number of β-amino-alcohol motifs (C(OH)–C–C–N with tert-alkyl or cyclic N) is 1. The third-order valence-electron chi connectivity index (χ3n) is 18.7. The molecule has 4 fully saturated rings. The molecule has 100 heavy (non-hydrogen) atoms. The summed E-state index contributed by atoms with van der Waals surface area (Å²) in [6.07, 6.45) is 2.81. The van der Waals surface area contributed by atoms with Crippen molar-refractivity contribution in [1.82, 2.24) is 51.5 Å². The number of guanidine groups is 3. The molecule has 3 aromatic rings. The molecular weight excluding hydrogens is 1310 g/mol. The number of aliphatic imine (C=N–C) groups is 3. The van der Waals surface area contributed by atoms with Crippen molar-refractivity contribution >= 4 is 94.3 Å². The number of carboxylic acid groups (broad SMARTS) is 1. The Labute approximate surface area is 582 Å². The van der Waals surface area contributed by atoms with Gasteiger partial charge in [-0.05, 0) is 111 Å². The second-order valence-electron chi connectivity index (χ2n) is 25.7. The summed E-state index contributed by atoms with van der Waals surface area (Å²) in [5, 5.41) is 49.8. The number of nitrogens with zero attached hydrogens (tertiary/aromatic N) is 7. The van der Waals surface area contributed by atoms with Crippen molar-refractivity contribution < 1.29 is 68.1 Å². The molecule has 34 heteroatoms. The van der Waals surface area contributed by atoms with Gasteiger partial charge in [-0.2, -0.15) is 0 Å². The normalized spacial score (nSPS) is 21.4. The number of carboxylic acids is 1. The van der Waals surface area contributed by atoms with E-state index in [4.69, 9.17) is 34.4 Å². The highest BCUT2D eigenvalue weighted by molar-refractivity contribution is 7.09. The molecule has 4 aliphatic heterocycles. The second-order valence-corrected chi connectivity index (χ2v) is 26.7. The van der Waals surface area contributed by atoms with Gasteiger partial charge in [0.2, 0.25) is 53.2 Å². The number of nitrogens with one attached hydrogen (secondary N) is 6. The lowest BCUT2D eigenvalue weighted by atomic mass is 9.84. The number of hydrogen-bond donors (Lipinski definition) is 15. The van der Waals surface area contributed by atoms with Gasteiger partial charge < -0.3 is 101 Å². The molecule has 0 spiro atoms. The van der Waals surface area contributed by atoms with Crippen LogP contribution >= 0.6 is 11.3 Å². The van der Waals surface area contributed by atoms with Gasteiger partial charge in [0.05, 0.1) is 19.3 Å². The van der Waals surface area contributed by atoms with Crippen molar-refractivity contribution in [3.05, 3.63) is 93.7 Å². The van der Waals surface area contributed by atoms with Crippen molar-refractivity contribution in [3.63, 3.8) is 0 Å². The predicted octanol–water partition coefficient (Wildman–Crippen LogP) is -3.55. The van der Waals surface area contributed by atoms with Gasteiger partial charge in [0, 0.05) is 75.0 Å². The fourth-order valence-electron chi connectivity index (χ4n) is 13.8. The first-order valence-corrected chi connectivity index (χ1v) is 34.6. The molecular formula is C66H93N19O14S. The van der Waals surface area contributed by atoms with Gasteiger partial charge in [-0.3, -0.25) is 62.9 Å². The smallest absolute Gasteiger partial charge is 0.326 e. The summed E-state index contributed by atoms with van der Waals surface area (Å²) < 4.78 is 0. The van der Waals surface area contributed by atoms with Crippen molar-refractivity contribution in [2.45, 2.75) is 176 Å². The molecule has 33 nitrogen and oxygen atoms in total. The zero-order chi connectivity index (χ0) is 72.2. The number of fused-ring (bicyclic) bond motifs is 2. The number of hydrogen-bond acceptors (Lipinski definition) is 17. The molecule has 5 aliphatic rings. The van der Waals surface area contributed by atoms with Crippen LogP contribution in [-0.4, -0.2) is 230 Å². The molecule has 3 saturated heterocycles. The van der Waals surface area contributed by atoms with Gasteiger partial charge in [-0.15, -0.1) is 11.3 Å². The van der Waals surface area contributed by atoms with Crippen LogP contribution in [0.3, 0.4) is 0 Å². The van der Waals surface area contributed by atoms with Crippen LogP contribution < -0.4 is 66.3 Å². The summed E-state index contributed by atoms with van der Waals surface area (Å²) in [6, 6.07) is 6.64. The molecule has 1 aliphatic carbocycles. The van der Waals surface area contributed by atoms with Gasteiger partial charge in [0.1, 0.15) is 54.4 Å². The summed E-state index contributed by atoms with van der Waals surface area (Å²) in [5.41, 5.74) is 34.8. The maximum Gasteiger partial charge on any atom is 0.326 e. The number of likely N-dealkylation sites (tertiary alicyclic amines) is 3. The maximum atomic E-state index is 15.4. The lowest BCUT2D eigenvalue weighted by Crippen LogP contribution is -2.63. The SMILES string of the molecule is NC(N)=NCCC[C@H](NC(=O)[C@@H]1C[C@@H]2CCCC[C@@H]2N1C(=O)C1Cc2ccccc2CN1C(=O)[C@H](CO)NC(=O)[C@H](Cc1cccs1)NC(=O)CNC(=O)[C@@H]1C[C@@H](O)CN1C(=O)[C@@H]1CCCN1C(=O)[C@H](CCCN=C(N)N)NC(=O)[C@@H](CCCN=C(N)N)NC(=O)c1ccccc1)C(=O)O. The number of rotatable bonds is 32. The van der Waals surface area contributed by atoms with Crippen molar-refractivity contribution in [2.75, 3.05) is 45.9 Å². The minimum Gasteiger partial charge on any atom is -0.480 e. The quantitative estimate of drug-likeness (QED) is 0.0163. The minimum absolute atomic E-state index is 0.00207. The Balaban J connectivity index is 0.936. The Bertz CT molecular complexity index is 3500. The van der Waals surface area contributed by atoms with E-state index < -0.39 is 145 Å². The number of aliphatic hydroxyl groups excluding tert-OH is 2. The number of nitrogens with two attached hydrogens (primary N) is 6. The highest BCUT2D eigenvalue weighted by Gasteiger charge is 2.52. The highest BCUT2D eigenvalue weighted by atomic mass is 32.1. The van der Waals surface area contributed by atoms with Crippen LogP contribution in [0.2, 0.25) is 0 Å². The van der Waals surface area contributed by atoms with Gasteiger partial charge in [-0.25, -0.2) is 4.79 Å². The minimum atomic E-state index is -1.68. The van der Waals surface area contributed by atoms with E-state index in [2.05, 4.69) is 46.9 Å². The van der Waals surface area contributed by atoms with Crippen LogP contribution in [0.4, 0.5) is 0 Å². The number of aliphatic hydroxyl groups is 2. The largest absolute Gasteiger partial charge is 0.480 e. The lowest BCUT2D eigenvalue weighted by molar-refractivity contribution is -0.153. The first-order valence-electron chi connectivity index (χ1n) is 33.8. The summed E-state index contributed by atoms with van der Waals surface area (Å²) in [7, 11) is 0. The van der Waals surface area contributed by atoms with E-state index in [1.54, 1.807) is 66.0 Å². The molecule has 542 valence electrons. The zero-order valence-electron chi connectivity index (χ0n) is 55.7. The number of carbonyl (C=O) groups is 11. The third kappa shape index (κ3) is 20.4. The molecule has 1 aromatic heterocycles. The zero-order valence-corrected chi connectivity index (χ0v) is 56.5. The summed E-state index contributed by atoms with van der Waals surface area (Å²) in [5.74, 6) is -9.25. The number of aliphatic carboxylic acids is 1. The molecule has 21 N–H and O–H groups in total. The van der Waals surface area contributed by atoms with Crippen LogP contribution in [0.15, 0.2) is 87.1 Å². The van der Waals surface area contributed by atoms with Crippen LogP contribution in [0.5, 0.6) is 0 Å². The Hall–Kier alpha value is -9.96. The predicted molar refractivity (Wildman–Crippen MR) is 367 cm³/mol. The Morgan fingerprint density at radius 2 is 1.18 bits per heavy atom. The molecule has 10 amide bonds. The molecule has 12 atom stereocenters. The van der Waals surface area contributed by atoms with Gasteiger partial charge >= 0.3 is 5.97 Å². The molecule has 8 rings (SSSR count). The van der Waals surface area contributed by atoms with Crippen LogP contribution in [0, 0.1) is 5.92 Å². The van der Waals surface area contributed by atoms with Crippen molar-refractivity contribution in [3.8, 4) is 0 Å². The molecule has 0 bridgehead atoms. The molecule has 1 unspecified atom stereocenters. The van der Waals surface area contributed by atoms with Crippen molar-refractivity contribution in [1.29, 1.82) is 0 Å². The van der Waals surface area contributed by atoms with Crippen LogP contribution in [0.1, 0.15) is 116 Å². The van der Waals surface area contributed by atoms with E-state index >= 15 is 9.59 Å². The number of carbonyl (C=O) groups excluding carboxylic acids is 10. The lowest BCUT2D eigenvalue weighted by Gasteiger charge is -2.42. The molecule has 2 aromatic carbocycles. The van der Waals surface area contributed by atoms with E-state index in [1.807, 2.05) is 6.07 Å². The average molecular weight is 1410 g/mol. The highest BCUT2D eigenvalue weighted by Crippen LogP contribution is 2.41. The Morgan fingerprint density at radius 3 is 1.82 bits per heavy atom. The number of amides is 10. The monoisotopic (exact) mass is 1410 g/mol. The first kappa shape index (κ1) is 75.8. The van der Waals surface area contributed by atoms with E-state index in [0.29, 0.717) is 29.7 Å². The topological polar surface area (TPSA) is 527 Å². The Kier molecular flexibility index (Phi) is 27.5. The molecule has 1 saturated carbocycles. The van der Waals surface area contributed by atoms with E-state index in [-0.39, 0.29) is 139 Å². The van der Waals surface area contributed by atoms with Gasteiger partial charge in [0.25, 0.3) is 5.91 Å². The standard InChI is InChI=1S/C66H93N19O14S/c67-64(68)73-24-8-19-43(78-54(89)37-13-2-1-3-14-37)55(90)79-44(20-9-25-74-65(69)70)59(94)82-27-11-23-49(82)61(96)84-35-41(87)31-50(84)57(92)76-33-53(88)77-46(32-42-18-12-28-100-42)56(91)81-47(36-86)60(95)83-34-40-17-5-4-15-38(40)29-52(83)62(97)85-48-22-7-6-16-39(48)30-51(85)58(93)80-45(63(98)99)21-10-26-75-66(71)72/h1-5,12-15,17-18,28,39,41,43-52,86-87H,6-11,16,19-27,29-36H2,(H,76,92)(H,77,88)(H,78,89)(H,79,90)(H,80,93)(H,81,91)(H,98,99)(H4,67,68,73)(H4,69,70,74)(H4,71,72,75)/t39-,41+,43+,44-,45-,46-,47-,48-,49-,50-,51-,52?/m0/s1. The van der Waals surface area contributed by atoms with E-state index in [1.165, 1.54) is 26.0 Å². The van der Waals surface area contributed by atoms with Crippen molar-refractivity contribution in [2.24, 2.45) is 55.3 Å². The summed E-state index contributed by atoms with van der Waals surface area (Å²) in [6.45, 7) is -1.74. The maximum absolute atomic E-state index is 15.4. The number of benzene rings is 2. The van der Waals surface area contributed by atoms with Gasteiger partial charge in [0.15, 0.2) is 17.9 Å². The molecule has 0 radical (unpaired) electrons. The average Bonchev–Trinajstić information content (AvgIpc) is 1.24. The van der Waals surface area contributed by atoms with E-state index in [0.717, 1.165) is 23.3 Å². The summed E-state index contributed by atoms with van der Waals surface area (Å²) >= 11 is 1.26. The van der Waals surface area contributed by atoms with Crippen LogP contribution in [0.25, 0.3) is 0 Å². The third-order valence-corrected chi connectivity index (χ3v) is 19.6. The number of thiophene rings is 1. The van der Waals surface area contributed by atoms with E-state index in [9.17, 15) is 58.5 Å². The second kappa shape index (κ2) is 36.2.